The number of hydrogen-bond acceptors (Lipinski definition) is 6. The van der Waals surface area contributed by atoms with Crippen molar-refractivity contribution in [3.8, 4) is 0 Å². The summed E-state index contributed by atoms with van der Waals surface area (Å²) in [5.74, 6) is 0.797. The van der Waals surface area contributed by atoms with Crippen molar-refractivity contribution < 1.29 is 10.2 Å². The first kappa shape index (κ1) is 18.2. The Morgan fingerprint density at radius 2 is 2.26 bits per heavy atom. The van der Waals surface area contributed by atoms with E-state index < -0.39 is 6.10 Å². The summed E-state index contributed by atoms with van der Waals surface area (Å²) in [7, 11) is 0. The Morgan fingerprint density at radius 3 is 2.96 bits per heavy atom. The predicted molar refractivity (Wildman–Crippen MR) is 108 cm³/mol. The number of anilines is 1. The lowest BCUT2D eigenvalue weighted by atomic mass is 9.80. The van der Waals surface area contributed by atoms with Crippen molar-refractivity contribution in [1.29, 1.82) is 0 Å². The Labute approximate surface area is 160 Å². The van der Waals surface area contributed by atoms with E-state index >= 15 is 0 Å². The molecule has 2 aliphatic heterocycles. The molecule has 2 fully saturated rings. The Kier molecular flexibility index (Phi) is 4.58. The minimum Gasteiger partial charge on any atom is -0.395 e. The lowest BCUT2D eigenvalue weighted by Crippen LogP contribution is -2.38. The molecular formula is C21H28N4O2. The number of nitrogens with zero attached hydrogens (tertiary/aromatic N) is 2. The van der Waals surface area contributed by atoms with E-state index in [1.165, 1.54) is 11.8 Å². The van der Waals surface area contributed by atoms with Crippen LogP contribution in [0.25, 0.3) is 0 Å². The first-order valence-corrected chi connectivity index (χ1v) is 9.58. The van der Waals surface area contributed by atoms with E-state index in [1.54, 1.807) is 0 Å². The highest BCUT2D eigenvalue weighted by Crippen LogP contribution is 2.47. The quantitative estimate of drug-likeness (QED) is 0.644. The molecule has 0 unspecified atom stereocenters. The van der Waals surface area contributed by atoms with Gasteiger partial charge in [-0.25, -0.2) is 0 Å². The van der Waals surface area contributed by atoms with Crippen molar-refractivity contribution in [2.45, 2.75) is 37.3 Å². The Morgan fingerprint density at radius 1 is 1.48 bits per heavy atom. The molecule has 0 aromatic heterocycles. The Balaban J connectivity index is 1.79. The number of fused-ring (bicyclic) bond motifs is 2. The highest BCUT2D eigenvalue weighted by Gasteiger charge is 2.48. The molecule has 4 atom stereocenters. The number of aliphatic imine (C=N–C) groups is 1. The highest BCUT2D eigenvalue weighted by molar-refractivity contribution is 6.07. The molecule has 144 valence electrons. The molecular weight excluding hydrogens is 340 g/mol. The first-order valence-electron chi connectivity index (χ1n) is 9.58. The van der Waals surface area contributed by atoms with Crippen LogP contribution in [-0.4, -0.2) is 47.8 Å². The van der Waals surface area contributed by atoms with E-state index in [0.717, 1.165) is 30.8 Å². The topological polar surface area (TPSA) is 94.1 Å². The molecule has 1 aromatic rings. The average molecular weight is 368 g/mol. The normalized spacial score (nSPS) is 35.9. The summed E-state index contributed by atoms with van der Waals surface area (Å²) in [4.78, 5) is 6.49. The van der Waals surface area contributed by atoms with Crippen molar-refractivity contribution in [3.05, 3.63) is 54.0 Å². The van der Waals surface area contributed by atoms with Gasteiger partial charge >= 0.3 is 0 Å². The first-order chi connectivity index (χ1) is 13.0. The van der Waals surface area contributed by atoms with Crippen LogP contribution in [0.3, 0.4) is 0 Å². The molecule has 1 spiro atoms. The molecule has 1 aromatic carbocycles. The van der Waals surface area contributed by atoms with Gasteiger partial charge in [0.1, 0.15) is 5.82 Å². The van der Waals surface area contributed by atoms with Crippen molar-refractivity contribution in [2.24, 2.45) is 16.6 Å². The smallest absolute Gasteiger partial charge is 0.109 e. The third kappa shape index (κ3) is 2.79. The largest absolute Gasteiger partial charge is 0.395 e. The van der Waals surface area contributed by atoms with Crippen LogP contribution >= 0.6 is 0 Å². The van der Waals surface area contributed by atoms with Crippen LogP contribution < -0.4 is 16.0 Å². The lowest BCUT2D eigenvalue weighted by molar-refractivity contribution is 0.231. The fraction of sp³-hybridized carbons (Fsp3) is 0.476. The molecule has 6 heteroatoms. The SMILES string of the molecule is C=C/N=C1\C(=C(/N)N2C[C@]3(CN[C@H](CO)C3)c3ccccc32)[C@H](C)C[C@H]1O. The van der Waals surface area contributed by atoms with E-state index in [4.69, 9.17) is 5.73 Å². The number of benzene rings is 1. The molecule has 2 heterocycles. The van der Waals surface area contributed by atoms with E-state index in [1.807, 2.05) is 6.07 Å². The van der Waals surface area contributed by atoms with Crippen LogP contribution in [0.1, 0.15) is 25.3 Å². The van der Waals surface area contributed by atoms with Gasteiger partial charge < -0.3 is 26.2 Å². The fourth-order valence-corrected chi connectivity index (χ4v) is 5.04. The zero-order valence-electron chi connectivity index (χ0n) is 15.7. The van der Waals surface area contributed by atoms with Gasteiger partial charge in [0.15, 0.2) is 0 Å². The zero-order valence-corrected chi connectivity index (χ0v) is 15.7. The van der Waals surface area contributed by atoms with Crippen LogP contribution in [0.15, 0.2) is 53.4 Å². The number of nitrogens with two attached hydrogens (primary N) is 1. The fourth-order valence-electron chi connectivity index (χ4n) is 5.04. The molecule has 27 heavy (non-hydrogen) atoms. The number of hydrogen-bond donors (Lipinski definition) is 4. The maximum Gasteiger partial charge on any atom is 0.109 e. The van der Waals surface area contributed by atoms with E-state index in [2.05, 4.69) is 46.9 Å². The van der Waals surface area contributed by atoms with Gasteiger partial charge in [0.2, 0.25) is 0 Å². The van der Waals surface area contributed by atoms with Gasteiger partial charge in [-0.3, -0.25) is 4.99 Å². The van der Waals surface area contributed by atoms with Gasteiger partial charge in [0.25, 0.3) is 0 Å². The third-order valence-electron chi connectivity index (χ3n) is 6.27. The second kappa shape index (κ2) is 6.78. The van der Waals surface area contributed by atoms with E-state index in [9.17, 15) is 10.2 Å². The maximum absolute atomic E-state index is 10.4. The summed E-state index contributed by atoms with van der Waals surface area (Å²) in [6.07, 6.45) is 2.36. The summed E-state index contributed by atoms with van der Waals surface area (Å²) in [5.41, 5.74) is 10.6. The van der Waals surface area contributed by atoms with Crippen LogP contribution in [0, 0.1) is 5.92 Å². The number of rotatable bonds is 3. The molecule has 4 rings (SSSR count). The summed E-state index contributed by atoms with van der Waals surface area (Å²) in [6.45, 7) is 7.47. The van der Waals surface area contributed by atoms with Crippen molar-refractivity contribution in [2.75, 3.05) is 24.6 Å². The molecule has 3 aliphatic rings. The molecule has 1 aliphatic carbocycles. The third-order valence-corrected chi connectivity index (χ3v) is 6.27. The molecule has 1 saturated heterocycles. The molecule has 6 nitrogen and oxygen atoms in total. The maximum atomic E-state index is 10.4. The zero-order chi connectivity index (χ0) is 19.2. The summed E-state index contributed by atoms with van der Waals surface area (Å²) < 4.78 is 0. The van der Waals surface area contributed by atoms with E-state index in [-0.39, 0.29) is 24.0 Å². The number of aliphatic hydroxyl groups excluding tert-OH is 2. The van der Waals surface area contributed by atoms with Crippen LogP contribution in [0.4, 0.5) is 5.69 Å². The molecule has 5 N–H and O–H groups in total. The molecule has 0 radical (unpaired) electrons. The van der Waals surface area contributed by atoms with Gasteiger partial charge in [0, 0.05) is 42.0 Å². The Hall–Kier alpha value is -2.15. The monoisotopic (exact) mass is 368 g/mol. The molecule has 0 amide bonds. The van der Waals surface area contributed by atoms with Crippen molar-refractivity contribution >= 4 is 11.4 Å². The van der Waals surface area contributed by atoms with Gasteiger partial charge in [-0.05, 0) is 30.4 Å². The number of para-hydroxylation sites is 1. The average Bonchev–Trinajstić information content (AvgIpc) is 3.31. The standard InChI is InChI=1S/C21H28N4O2/c1-3-23-19-17(27)8-13(2)18(19)20(22)25-12-21(9-14(10-26)24-11-21)15-6-4-5-7-16(15)25/h3-7,13-14,17,24,26-27H,1,8-12,22H2,2H3/b20-18+,23-19-/t13-,14+,17-,21+/m1/s1. The van der Waals surface area contributed by atoms with Crippen LogP contribution in [0.5, 0.6) is 0 Å². The molecule has 0 bridgehead atoms. The van der Waals surface area contributed by atoms with Gasteiger partial charge in [-0.1, -0.05) is 31.7 Å². The van der Waals surface area contributed by atoms with Gasteiger partial charge in [-0.2, -0.15) is 0 Å². The minimum absolute atomic E-state index is 0.0641. The van der Waals surface area contributed by atoms with Crippen LogP contribution in [-0.2, 0) is 5.41 Å². The number of aliphatic hydroxyl groups is 2. The van der Waals surface area contributed by atoms with E-state index in [0.29, 0.717) is 18.0 Å². The number of nitrogens with one attached hydrogen (secondary N) is 1. The van der Waals surface area contributed by atoms with Crippen molar-refractivity contribution in [3.63, 3.8) is 0 Å². The second-order valence-corrected chi connectivity index (χ2v) is 8.00. The molecule has 1 saturated carbocycles. The van der Waals surface area contributed by atoms with Crippen LogP contribution in [0.2, 0.25) is 0 Å². The predicted octanol–water partition coefficient (Wildman–Crippen LogP) is 1.25. The van der Waals surface area contributed by atoms with Gasteiger partial charge in [0.05, 0.1) is 18.4 Å². The van der Waals surface area contributed by atoms with Gasteiger partial charge in [-0.15, -0.1) is 0 Å². The Bertz CT molecular complexity index is 818. The minimum atomic E-state index is -0.606. The summed E-state index contributed by atoms with van der Waals surface area (Å²) in [6, 6.07) is 8.47. The summed E-state index contributed by atoms with van der Waals surface area (Å²) >= 11 is 0. The second-order valence-electron chi connectivity index (χ2n) is 8.00. The summed E-state index contributed by atoms with van der Waals surface area (Å²) in [5, 5.41) is 23.4. The van der Waals surface area contributed by atoms with Crippen molar-refractivity contribution in [1.82, 2.24) is 5.32 Å². The highest BCUT2D eigenvalue weighted by atomic mass is 16.3. The lowest BCUT2D eigenvalue weighted by Gasteiger charge is -2.27.